The average molecular weight is 309 g/mol. The summed E-state index contributed by atoms with van der Waals surface area (Å²) in [4.78, 5) is 12.4. The molecule has 2 rings (SSSR count). The van der Waals surface area contributed by atoms with Gasteiger partial charge in [0.2, 0.25) is 5.78 Å². The molecule has 2 aromatic rings. The van der Waals surface area contributed by atoms with Gasteiger partial charge in [0.25, 0.3) is 0 Å². The number of hydrogen-bond acceptors (Lipinski definition) is 2. The molecule has 0 aliphatic carbocycles. The van der Waals surface area contributed by atoms with Crippen LogP contribution in [0.5, 0.6) is 5.75 Å². The van der Waals surface area contributed by atoms with Crippen molar-refractivity contribution in [3.8, 4) is 5.75 Å². The van der Waals surface area contributed by atoms with Crippen molar-refractivity contribution in [1.29, 1.82) is 0 Å². The summed E-state index contributed by atoms with van der Waals surface area (Å²) in [5.74, 6) is 0.361. The number of halogens is 2. The van der Waals surface area contributed by atoms with Gasteiger partial charge in [-0.25, -0.2) is 0 Å². The minimum atomic E-state index is -0.576. The molecule has 20 heavy (non-hydrogen) atoms. The third kappa shape index (κ3) is 3.33. The van der Waals surface area contributed by atoms with Gasteiger partial charge < -0.3 is 4.74 Å². The summed E-state index contributed by atoms with van der Waals surface area (Å²) in [6, 6.07) is 14.2. The predicted molar refractivity (Wildman–Crippen MR) is 81.9 cm³/mol. The Balaban J connectivity index is 2.21. The number of ether oxygens (including phenoxy) is 1. The van der Waals surface area contributed by atoms with Crippen molar-refractivity contribution in [3.05, 3.63) is 64.1 Å². The predicted octanol–water partition coefficient (Wildman–Crippen LogP) is 5.03. The average Bonchev–Trinajstić information content (AvgIpc) is 2.49. The molecule has 0 aliphatic heterocycles. The van der Waals surface area contributed by atoms with Crippen molar-refractivity contribution in [2.24, 2.45) is 0 Å². The minimum Gasteiger partial charge on any atom is -0.481 e. The Morgan fingerprint density at radius 3 is 2.45 bits per heavy atom. The first-order valence-electron chi connectivity index (χ1n) is 6.33. The van der Waals surface area contributed by atoms with Crippen LogP contribution in [0.4, 0.5) is 0 Å². The van der Waals surface area contributed by atoms with Crippen LogP contribution in [0.15, 0.2) is 48.5 Å². The molecule has 4 heteroatoms. The first-order valence-corrected chi connectivity index (χ1v) is 7.09. The van der Waals surface area contributed by atoms with E-state index in [0.717, 1.165) is 0 Å². The zero-order valence-corrected chi connectivity index (χ0v) is 12.5. The molecule has 0 bridgehead atoms. The maximum atomic E-state index is 12.4. The van der Waals surface area contributed by atoms with Gasteiger partial charge in [-0.05, 0) is 18.6 Å². The number of Topliss-reactive ketones (excluding diaryl/α,β-unsaturated/α-hetero) is 1. The standard InChI is InChI=1S/C16H14Cl2O2/c1-2-13(16(19)11-7-4-3-5-8-11)20-14-10-6-9-12(17)15(14)18/h3-10,13H,2H2,1H3. The molecule has 0 fully saturated rings. The van der Waals surface area contributed by atoms with Crippen LogP contribution in [0.3, 0.4) is 0 Å². The second-order valence-corrected chi connectivity index (χ2v) is 5.08. The lowest BCUT2D eigenvalue weighted by Crippen LogP contribution is -2.26. The Morgan fingerprint density at radius 2 is 1.80 bits per heavy atom. The third-order valence-electron chi connectivity index (χ3n) is 2.91. The molecule has 2 aromatic carbocycles. The van der Waals surface area contributed by atoms with Crippen molar-refractivity contribution in [2.75, 3.05) is 0 Å². The molecule has 2 nitrogen and oxygen atoms in total. The maximum absolute atomic E-state index is 12.4. The zero-order valence-electron chi connectivity index (χ0n) is 11.0. The molecule has 1 atom stereocenters. The Labute approximate surface area is 128 Å². The highest BCUT2D eigenvalue weighted by atomic mass is 35.5. The minimum absolute atomic E-state index is 0.0656. The number of benzene rings is 2. The van der Waals surface area contributed by atoms with E-state index in [-0.39, 0.29) is 5.78 Å². The maximum Gasteiger partial charge on any atom is 0.203 e. The van der Waals surface area contributed by atoms with Gasteiger partial charge in [0.1, 0.15) is 10.8 Å². The van der Waals surface area contributed by atoms with Crippen LogP contribution < -0.4 is 4.74 Å². The van der Waals surface area contributed by atoms with Gasteiger partial charge in [0.15, 0.2) is 6.10 Å². The van der Waals surface area contributed by atoms with Crippen LogP contribution in [-0.2, 0) is 0 Å². The van der Waals surface area contributed by atoms with E-state index in [1.165, 1.54) is 0 Å². The van der Waals surface area contributed by atoms with E-state index in [1.54, 1.807) is 30.3 Å². The smallest absolute Gasteiger partial charge is 0.203 e. The highest BCUT2D eigenvalue weighted by Gasteiger charge is 2.21. The molecule has 0 amide bonds. The highest BCUT2D eigenvalue weighted by molar-refractivity contribution is 6.42. The summed E-state index contributed by atoms with van der Waals surface area (Å²) in [5, 5.41) is 0.736. The summed E-state index contributed by atoms with van der Waals surface area (Å²) >= 11 is 12.0. The molecule has 0 radical (unpaired) electrons. The third-order valence-corrected chi connectivity index (χ3v) is 3.71. The Hall–Kier alpha value is -1.51. The lowest BCUT2D eigenvalue weighted by molar-refractivity contribution is 0.0787. The summed E-state index contributed by atoms with van der Waals surface area (Å²) < 4.78 is 5.73. The molecule has 0 aromatic heterocycles. The molecular weight excluding hydrogens is 295 g/mol. The molecule has 0 spiro atoms. The van der Waals surface area contributed by atoms with Gasteiger partial charge in [0, 0.05) is 5.56 Å². The Kier molecular flexibility index (Phi) is 5.05. The van der Waals surface area contributed by atoms with Crippen LogP contribution in [0.1, 0.15) is 23.7 Å². The first kappa shape index (κ1) is 14.9. The van der Waals surface area contributed by atoms with Crippen LogP contribution in [0.2, 0.25) is 10.0 Å². The van der Waals surface area contributed by atoms with E-state index < -0.39 is 6.10 Å². The second-order valence-electron chi connectivity index (χ2n) is 4.30. The van der Waals surface area contributed by atoms with E-state index in [9.17, 15) is 4.79 Å². The fourth-order valence-corrected chi connectivity index (χ4v) is 2.18. The summed E-state index contributed by atoms with van der Waals surface area (Å²) in [6.45, 7) is 1.89. The Bertz CT molecular complexity index is 597. The van der Waals surface area contributed by atoms with Crippen LogP contribution in [0.25, 0.3) is 0 Å². The topological polar surface area (TPSA) is 26.3 Å². The molecule has 0 heterocycles. The summed E-state index contributed by atoms with van der Waals surface area (Å²) in [6.07, 6.45) is -0.0234. The van der Waals surface area contributed by atoms with Crippen molar-refractivity contribution in [3.63, 3.8) is 0 Å². The fraction of sp³-hybridized carbons (Fsp3) is 0.188. The Morgan fingerprint density at radius 1 is 1.10 bits per heavy atom. The van der Waals surface area contributed by atoms with E-state index in [0.29, 0.717) is 27.8 Å². The van der Waals surface area contributed by atoms with Crippen LogP contribution in [-0.4, -0.2) is 11.9 Å². The van der Waals surface area contributed by atoms with Gasteiger partial charge in [0.05, 0.1) is 5.02 Å². The number of ketones is 1. The van der Waals surface area contributed by atoms with Gasteiger partial charge in [-0.15, -0.1) is 0 Å². The first-order chi connectivity index (χ1) is 9.63. The molecule has 0 saturated carbocycles. The number of rotatable bonds is 5. The van der Waals surface area contributed by atoms with Gasteiger partial charge in [-0.1, -0.05) is 66.5 Å². The van der Waals surface area contributed by atoms with E-state index in [1.807, 2.05) is 25.1 Å². The van der Waals surface area contributed by atoms with Crippen LogP contribution >= 0.6 is 23.2 Å². The van der Waals surface area contributed by atoms with E-state index in [2.05, 4.69) is 0 Å². The molecular formula is C16H14Cl2O2. The SMILES string of the molecule is CCC(Oc1cccc(Cl)c1Cl)C(=O)c1ccccc1. The van der Waals surface area contributed by atoms with E-state index >= 15 is 0 Å². The fourth-order valence-electron chi connectivity index (χ4n) is 1.84. The van der Waals surface area contributed by atoms with Gasteiger partial charge >= 0.3 is 0 Å². The molecule has 0 aliphatic rings. The lowest BCUT2D eigenvalue weighted by Gasteiger charge is -2.17. The quantitative estimate of drug-likeness (QED) is 0.724. The molecule has 104 valence electrons. The lowest BCUT2D eigenvalue weighted by atomic mass is 10.0. The van der Waals surface area contributed by atoms with Crippen molar-refractivity contribution < 1.29 is 9.53 Å². The summed E-state index contributed by atoms with van der Waals surface area (Å²) in [5.41, 5.74) is 0.623. The number of carbonyl (C=O) groups excluding carboxylic acids is 1. The number of hydrogen-bond donors (Lipinski definition) is 0. The van der Waals surface area contributed by atoms with Crippen LogP contribution in [0, 0.1) is 0 Å². The van der Waals surface area contributed by atoms with Crippen molar-refractivity contribution in [1.82, 2.24) is 0 Å². The van der Waals surface area contributed by atoms with Gasteiger partial charge in [-0.3, -0.25) is 4.79 Å². The molecule has 0 N–H and O–H groups in total. The van der Waals surface area contributed by atoms with Crippen molar-refractivity contribution >= 4 is 29.0 Å². The second kappa shape index (κ2) is 6.78. The normalized spacial score (nSPS) is 11.9. The van der Waals surface area contributed by atoms with Gasteiger partial charge in [-0.2, -0.15) is 0 Å². The monoisotopic (exact) mass is 308 g/mol. The zero-order chi connectivity index (χ0) is 14.5. The molecule has 1 unspecified atom stereocenters. The highest BCUT2D eigenvalue weighted by Crippen LogP contribution is 2.32. The van der Waals surface area contributed by atoms with E-state index in [4.69, 9.17) is 27.9 Å². The van der Waals surface area contributed by atoms with Crippen molar-refractivity contribution in [2.45, 2.75) is 19.4 Å². The number of carbonyl (C=O) groups is 1. The molecule has 0 saturated heterocycles. The largest absolute Gasteiger partial charge is 0.481 e. The summed E-state index contributed by atoms with van der Waals surface area (Å²) in [7, 11) is 0.